The van der Waals surface area contributed by atoms with Crippen LogP contribution >= 0.6 is 0 Å². The molecule has 0 saturated carbocycles. The molecule has 0 aliphatic rings. The van der Waals surface area contributed by atoms with Crippen LogP contribution in [0.15, 0.2) is 66.3 Å². The molecule has 0 heterocycles. The molecule has 0 saturated heterocycles. The van der Waals surface area contributed by atoms with E-state index in [1.165, 1.54) is 6.21 Å². The van der Waals surface area contributed by atoms with Crippen LogP contribution in [0.1, 0.15) is 22.8 Å². The number of hydrogen-bond acceptors (Lipinski definition) is 5. The van der Waals surface area contributed by atoms with E-state index in [0.29, 0.717) is 30.3 Å². The smallest absolute Gasteiger partial charge is 0.259 e. The summed E-state index contributed by atoms with van der Waals surface area (Å²) < 4.78 is 10.8. The molecule has 146 valence electrons. The van der Waals surface area contributed by atoms with Gasteiger partial charge in [-0.3, -0.25) is 9.59 Å². The normalized spacial score (nSPS) is 10.3. The van der Waals surface area contributed by atoms with Crippen molar-refractivity contribution in [3.05, 3.63) is 72.3 Å². The van der Waals surface area contributed by atoms with Gasteiger partial charge in [0.2, 0.25) is 0 Å². The van der Waals surface area contributed by atoms with Gasteiger partial charge in [-0.2, -0.15) is 5.10 Å². The Balaban J connectivity index is 1.78. The van der Waals surface area contributed by atoms with Crippen LogP contribution in [-0.2, 0) is 4.79 Å². The third-order valence-electron chi connectivity index (χ3n) is 3.47. The molecule has 2 N–H and O–H groups in total. The predicted molar refractivity (Wildman–Crippen MR) is 108 cm³/mol. The maximum Gasteiger partial charge on any atom is 0.259 e. The standard InChI is InChI=1S/C21H23N3O4/c1-3-12-28-19-7-5-6-16(13-19)14-23-24-20(25)15-22-21(26)17-8-10-18(11-9-17)27-4-2/h3,5-11,13-14H,1,4,12,15H2,2H3,(H,22,26)(H,24,25)/b23-14-. The number of rotatable bonds is 10. The van der Waals surface area contributed by atoms with Gasteiger partial charge in [-0.15, -0.1) is 0 Å². The van der Waals surface area contributed by atoms with Gasteiger partial charge in [0, 0.05) is 5.56 Å². The first kappa shape index (κ1) is 20.7. The van der Waals surface area contributed by atoms with Gasteiger partial charge in [0.05, 0.1) is 19.4 Å². The molecule has 7 heteroatoms. The molecule has 0 atom stereocenters. The van der Waals surface area contributed by atoms with E-state index in [1.807, 2.05) is 25.1 Å². The zero-order valence-electron chi connectivity index (χ0n) is 15.7. The molecule has 28 heavy (non-hydrogen) atoms. The van der Waals surface area contributed by atoms with E-state index in [0.717, 1.165) is 5.56 Å². The minimum absolute atomic E-state index is 0.189. The highest BCUT2D eigenvalue weighted by molar-refractivity contribution is 5.96. The summed E-state index contributed by atoms with van der Waals surface area (Å²) in [6.45, 7) is 6.25. The van der Waals surface area contributed by atoms with Crippen LogP contribution < -0.4 is 20.2 Å². The van der Waals surface area contributed by atoms with Crippen LogP contribution in [0.3, 0.4) is 0 Å². The van der Waals surface area contributed by atoms with E-state index in [2.05, 4.69) is 22.4 Å². The van der Waals surface area contributed by atoms with Crippen LogP contribution in [0.2, 0.25) is 0 Å². The van der Waals surface area contributed by atoms with Gasteiger partial charge in [-0.1, -0.05) is 24.8 Å². The lowest BCUT2D eigenvalue weighted by atomic mass is 10.2. The average molecular weight is 381 g/mol. The summed E-state index contributed by atoms with van der Waals surface area (Å²) in [5.41, 5.74) is 3.57. The SMILES string of the molecule is C=CCOc1cccc(/C=N\NC(=O)CNC(=O)c2ccc(OCC)cc2)c1. The van der Waals surface area contributed by atoms with Gasteiger partial charge < -0.3 is 14.8 Å². The molecule has 2 aromatic carbocycles. The monoisotopic (exact) mass is 381 g/mol. The second kappa shape index (κ2) is 11.2. The van der Waals surface area contributed by atoms with Gasteiger partial charge in [0.25, 0.3) is 11.8 Å². The van der Waals surface area contributed by atoms with Gasteiger partial charge in [-0.25, -0.2) is 5.43 Å². The first-order valence-electron chi connectivity index (χ1n) is 8.79. The Kier molecular flexibility index (Phi) is 8.26. The first-order valence-corrected chi connectivity index (χ1v) is 8.79. The Bertz CT molecular complexity index is 832. The maximum absolute atomic E-state index is 12.0. The van der Waals surface area contributed by atoms with E-state index in [-0.39, 0.29) is 12.5 Å². The number of hydrazone groups is 1. The molecule has 0 aliphatic carbocycles. The van der Waals surface area contributed by atoms with Crippen molar-refractivity contribution >= 4 is 18.0 Å². The summed E-state index contributed by atoms with van der Waals surface area (Å²) in [6.07, 6.45) is 3.15. The van der Waals surface area contributed by atoms with Crippen molar-refractivity contribution in [3.63, 3.8) is 0 Å². The Hall–Kier alpha value is -3.61. The number of ether oxygens (including phenoxy) is 2. The molecular weight excluding hydrogens is 358 g/mol. The van der Waals surface area contributed by atoms with E-state index in [9.17, 15) is 9.59 Å². The Morgan fingerprint density at radius 1 is 1.11 bits per heavy atom. The fourth-order valence-electron chi connectivity index (χ4n) is 2.19. The summed E-state index contributed by atoms with van der Waals surface area (Å²) in [5, 5.41) is 6.41. The zero-order valence-corrected chi connectivity index (χ0v) is 15.7. The molecule has 0 spiro atoms. The fourth-order valence-corrected chi connectivity index (χ4v) is 2.19. The highest BCUT2D eigenvalue weighted by Crippen LogP contribution is 2.12. The largest absolute Gasteiger partial charge is 0.494 e. The quantitative estimate of drug-likeness (QED) is 0.376. The lowest BCUT2D eigenvalue weighted by molar-refractivity contribution is -0.120. The summed E-state index contributed by atoms with van der Waals surface area (Å²) in [6, 6.07) is 13.9. The molecule has 0 radical (unpaired) electrons. The summed E-state index contributed by atoms with van der Waals surface area (Å²) in [4.78, 5) is 23.9. The number of amides is 2. The lowest BCUT2D eigenvalue weighted by Gasteiger charge is -2.06. The van der Waals surface area contributed by atoms with Crippen molar-refractivity contribution < 1.29 is 19.1 Å². The number of nitrogens with one attached hydrogen (secondary N) is 2. The van der Waals surface area contributed by atoms with Crippen molar-refractivity contribution in [2.45, 2.75) is 6.92 Å². The topological polar surface area (TPSA) is 89.0 Å². The zero-order chi connectivity index (χ0) is 20.2. The van der Waals surface area contributed by atoms with E-state index < -0.39 is 5.91 Å². The van der Waals surface area contributed by atoms with Gasteiger partial charge in [0.15, 0.2) is 0 Å². The van der Waals surface area contributed by atoms with E-state index in [1.54, 1.807) is 36.4 Å². The minimum Gasteiger partial charge on any atom is -0.494 e. The Morgan fingerprint density at radius 3 is 2.61 bits per heavy atom. The van der Waals surface area contributed by atoms with Gasteiger partial charge in [0.1, 0.15) is 18.1 Å². The second-order valence-corrected chi connectivity index (χ2v) is 5.61. The third-order valence-corrected chi connectivity index (χ3v) is 3.47. The highest BCUT2D eigenvalue weighted by atomic mass is 16.5. The van der Waals surface area contributed by atoms with Crippen LogP contribution in [0, 0.1) is 0 Å². The van der Waals surface area contributed by atoms with Gasteiger partial charge >= 0.3 is 0 Å². The van der Waals surface area contributed by atoms with Gasteiger partial charge in [-0.05, 0) is 48.9 Å². The van der Waals surface area contributed by atoms with Crippen molar-refractivity contribution in [1.82, 2.24) is 10.7 Å². The van der Waals surface area contributed by atoms with E-state index in [4.69, 9.17) is 9.47 Å². The maximum atomic E-state index is 12.0. The summed E-state index contributed by atoms with van der Waals surface area (Å²) in [5.74, 6) is 0.576. The molecule has 2 rings (SSSR count). The lowest BCUT2D eigenvalue weighted by Crippen LogP contribution is -2.34. The fraction of sp³-hybridized carbons (Fsp3) is 0.190. The van der Waals surface area contributed by atoms with Crippen molar-refractivity contribution in [1.29, 1.82) is 0 Å². The van der Waals surface area contributed by atoms with Crippen LogP contribution in [0.4, 0.5) is 0 Å². The molecule has 2 amide bonds. The molecule has 0 unspecified atom stereocenters. The van der Waals surface area contributed by atoms with Crippen LogP contribution in [0.5, 0.6) is 11.5 Å². The Morgan fingerprint density at radius 2 is 1.89 bits per heavy atom. The van der Waals surface area contributed by atoms with Crippen LogP contribution in [-0.4, -0.2) is 37.8 Å². The predicted octanol–water partition coefficient (Wildman–Crippen LogP) is 2.53. The number of carbonyl (C=O) groups excluding carboxylic acids is 2. The molecular formula is C21H23N3O4. The van der Waals surface area contributed by atoms with E-state index >= 15 is 0 Å². The van der Waals surface area contributed by atoms with Crippen LogP contribution in [0.25, 0.3) is 0 Å². The molecule has 0 aromatic heterocycles. The molecule has 7 nitrogen and oxygen atoms in total. The molecule has 0 aliphatic heterocycles. The Labute approximate surface area is 164 Å². The summed E-state index contributed by atoms with van der Waals surface area (Å²) >= 11 is 0. The number of nitrogens with zero attached hydrogens (tertiary/aromatic N) is 1. The number of carbonyl (C=O) groups is 2. The highest BCUT2D eigenvalue weighted by Gasteiger charge is 2.07. The molecule has 2 aromatic rings. The molecule has 0 fully saturated rings. The second-order valence-electron chi connectivity index (χ2n) is 5.61. The first-order chi connectivity index (χ1) is 13.6. The van der Waals surface area contributed by atoms with Crippen molar-refractivity contribution in [3.8, 4) is 11.5 Å². The summed E-state index contributed by atoms with van der Waals surface area (Å²) in [7, 11) is 0. The van der Waals surface area contributed by atoms with Crippen molar-refractivity contribution in [2.75, 3.05) is 19.8 Å². The minimum atomic E-state index is -0.436. The third kappa shape index (κ3) is 6.95. The van der Waals surface area contributed by atoms with Crippen molar-refractivity contribution in [2.24, 2.45) is 5.10 Å². The average Bonchev–Trinajstić information content (AvgIpc) is 2.71. The number of hydrogen-bond donors (Lipinski definition) is 2. The number of benzene rings is 2. The molecule has 0 bridgehead atoms.